The van der Waals surface area contributed by atoms with E-state index in [1.54, 1.807) is 0 Å². The second-order valence-corrected chi connectivity index (χ2v) is 8.27. The van der Waals surface area contributed by atoms with Crippen LogP contribution in [0.5, 0.6) is 5.75 Å². The zero-order valence-corrected chi connectivity index (χ0v) is 18.1. The maximum Gasteiger partial charge on any atom is 0.254 e. The molecule has 1 atom stereocenters. The van der Waals surface area contributed by atoms with Gasteiger partial charge in [0.1, 0.15) is 18.0 Å². The summed E-state index contributed by atoms with van der Waals surface area (Å²) >= 11 is 0. The number of carbonyl (C=O) groups is 1. The van der Waals surface area contributed by atoms with Crippen LogP contribution in [0, 0.1) is 6.92 Å². The average molecular weight is 427 g/mol. The highest BCUT2D eigenvalue weighted by atomic mass is 16.5. The van der Waals surface area contributed by atoms with Crippen molar-refractivity contribution < 1.29 is 9.53 Å². The highest BCUT2D eigenvalue weighted by Gasteiger charge is 2.27. The van der Waals surface area contributed by atoms with Gasteiger partial charge < -0.3 is 19.4 Å². The molecule has 1 unspecified atom stereocenters. The number of hydrogen-bond acceptors (Lipinski definition) is 4. The van der Waals surface area contributed by atoms with Crippen molar-refractivity contribution in [3.05, 3.63) is 95.9 Å². The molecule has 1 amide bonds. The van der Waals surface area contributed by atoms with Crippen LogP contribution in [0.4, 0.5) is 5.69 Å². The molecule has 0 radical (unpaired) electrons. The van der Waals surface area contributed by atoms with E-state index in [2.05, 4.69) is 29.4 Å². The lowest BCUT2D eigenvalue weighted by Gasteiger charge is -2.18. The molecule has 2 aromatic heterocycles. The second-order valence-electron chi connectivity index (χ2n) is 8.27. The SMILES string of the molecule is Cc1ccc2nc(COc3cccc(C(=O)N4CCC(Nc5ccccc5)C4)c3)cn2c1. The van der Waals surface area contributed by atoms with Crippen LogP contribution in [0.25, 0.3) is 5.65 Å². The summed E-state index contributed by atoms with van der Waals surface area (Å²) in [6, 6.07) is 21.8. The van der Waals surface area contributed by atoms with E-state index < -0.39 is 0 Å². The van der Waals surface area contributed by atoms with Gasteiger partial charge in [-0.15, -0.1) is 0 Å². The van der Waals surface area contributed by atoms with E-state index in [9.17, 15) is 4.79 Å². The summed E-state index contributed by atoms with van der Waals surface area (Å²) in [5.74, 6) is 0.707. The molecule has 5 rings (SSSR count). The molecule has 1 aliphatic heterocycles. The second kappa shape index (κ2) is 8.75. The molecule has 162 valence electrons. The number of aromatic nitrogens is 2. The van der Waals surface area contributed by atoms with Gasteiger partial charge in [0.25, 0.3) is 5.91 Å². The molecule has 1 aliphatic rings. The number of fused-ring (bicyclic) bond motifs is 1. The zero-order chi connectivity index (χ0) is 21.9. The van der Waals surface area contributed by atoms with Gasteiger partial charge in [-0.25, -0.2) is 4.98 Å². The number of para-hydroxylation sites is 1. The Labute approximate surface area is 187 Å². The van der Waals surface area contributed by atoms with Crippen LogP contribution in [0.3, 0.4) is 0 Å². The average Bonchev–Trinajstić information content (AvgIpc) is 3.44. The minimum Gasteiger partial charge on any atom is -0.487 e. The Hall–Kier alpha value is -3.80. The van der Waals surface area contributed by atoms with Crippen molar-refractivity contribution in [2.75, 3.05) is 18.4 Å². The molecular formula is C26H26N4O2. The number of anilines is 1. The Kier molecular flexibility index (Phi) is 5.50. The lowest BCUT2D eigenvalue weighted by Crippen LogP contribution is -2.31. The quantitative estimate of drug-likeness (QED) is 0.492. The molecule has 6 nitrogen and oxygen atoms in total. The number of nitrogens with zero attached hydrogens (tertiary/aromatic N) is 3. The number of nitrogens with one attached hydrogen (secondary N) is 1. The van der Waals surface area contributed by atoms with E-state index in [-0.39, 0.29) is 11.9 Å². The molecule has 0 saturated carbocycles. The molecule has 2 aromatic carbocycles. The van der Waals surface area contributed by atoms with Gasteiger partial charge in [0.2, 0.25) is 0 Å². The predicted molar refractivity (Wildman–Crippen MR) is 125 cm³/mol. The van der Waals surface area contributed by atoms with Gasteiger partial charge in [-0.2, -0.15) is 0 Å². The summed E-state index contributed by atoms with van der Waals surface area (Å²) < 4.78 is 7.95. The van der Waals surface area contributed by atoms with Crippen LogP contribution in [-0.2, 0) is 6.61 Å². The number of pyridine rings is 1. The van der Waals surface area contributed by atoms with Crippen molar-refractivity contribution >= 4 is 17.2 Å². The van der Waals surface area contributed by atoms with Gasteiger partial charge in [0.05, 0.1) is 5.69 Å². The fraction of sp³-hybridized carbons (Fsp3) is 0.231. The van der Waals surface area contributed by atoms with Crippen LogP contribution >= 0.6 is 0 Å². The normalized spacial score (nSPS) is 15.8. The van der Waals surface area contributed by atoms with Crippen LogP contribution in [0.15, 0.2) is 79.1 Å². The predicted octanol–water partition coefficient (Wildman–Crippen LogP) is 4.55. The highest BCUT2D eigenvalue weighted by Crippen LogP contribution is 2.21. The summed E-state index contributed by atoms with van der Waals surface area (Å²) in [4.78, 5) is 19.5. The Morgan fingerprint density at radius 3 is 2.84 bits per heavy atom. The zero-order valence-electron chi connectivity index (χ0n) is 18.1. The van der Waals surface area contributed by atoms with E-state index in [1.165, 1.54) is 5.56 Å². The van der Waals surface area contributed by atoms with E-state index in [0.717, 1.165) is 30.0 Å². The molecule has 1 fully saturated rings. The highest BCUT2D eigenvalue weighted by molar-refractivity contribution is 5.94. The van der Waals surface area contributed by atoms with E-state index in [1.807, 2.05) is 76.3 Å². The van der Waals surface area contributed by atoms with Gasteiger partial charge >= 0.3 is 0 Å². The van der Waals surface area contributed by atoms with Crippen molar-refractivity contribution in [2.45, 2.75) is 26.0 Å². The van der Waals surface area contributed by atoms with Crippen LogP contribution in [0.1, 0.15) is 28.0 Å². The third-order valence-corrected chi connectivity index (χ3v) is 5.74. The molecule has 1 saturated heterocycles. The molecule has 4 aromatic rings. The first kappa shape index (κ1) is 20.1. The van der Waals surface area contributed by atoms with Crippen molar-refractivity contribution in [3.63, 3.8) is 0 Å². The number of benzene rings is 2. The first-order valence-corrected chi connectivity index (χ1v) is 10.9. The third kappa shape index (κ3) is 4.44. The first-order valence-electron chi connectivity index (χ1n) is 10.9. The van der Waals surface area contributed by atoms with Crippen LogP contribution in [0.2, 0.25) is 0 Å². The minimum absolute atomic E-state index is 0.0380. The Morgan fingerprint density at radius 1 is 1.09 bits per heavy atom. The van der Waals surface area contributed by atoms with Gasteiger partial charge in [-0.1, -0.05) is 30.3 Å². The molecular weight excluding hydrogens is 400 g/mol. The first-order chi connectivity index (χ1) is 15.6. The smallest absolute Gasteiger partial charge is 0.254 e. The number of carbonyl (C=O) groups excluding carboxylic acids is 1. The summed E-state index contributed by atoms with van der Waals surface area (Å²) in [6.45, 7) is 3.85. The summed E-state index contributed by atoms with van der Waals surface area (Å²) in [6.07, 6.45) is 4.95. The molecule has 0 aliphatic carbocycles. The van der Waals surface area contributed by atoms with Crippen molar-refractivity contribution in [3.8, 4) is 5.75 Å². The van der Waals surface area contributed by atoms with Gasteiger partial charge in [-0.3, -0.25) is 4.79 Å². The topological polar surface area (TPSA) is 58.9 Å². The monoisotopic (exact) mass is 426 g/mol. The van der Waals surface area contributed by atoms with Gasteiger partial charge in [0.15, 0.2) is 0 Å². The maximum absolute atomic E-state index is 13.0. The number of aryl methyl sites for hydroxylation is 1. The number of likely N-dealkylation sites (tertiary alicyclic amines) is 1. The van der Waals surface area contributed by atoms with Crippen molar-refractivity contribution in [1.29, 1.82) is 0 Å². The molecule has 6 heteroatoms. The minimum atomic E-state index is 0.0380. The summed E-state index contributed by atoms with van der Waals surface area (Å²) in [5.41, 5.74) is 4.65. The largest absolute Gasteiger partial charge is 0.487 e. The number of amides is 1. The molecule has 3 heterocycles. The third-order valence-electron chi connectivity index (χ3n) is 5.74. The fourth-order valence-electron chi connectivity index (χ4n) is 4.12. The molecule has 1 N–H and O–H groups in total. The standard InChI is InChI=1S/C26H26N4O2/c1-19-10-11-25-28-23(17-30(25)15-19)18-32-24-9-5-6-20(14-24)26(31)29-13-12-22(16-29)27-21-7-3-2-4-8-21/h2-11,14-15,17,22,27H,12-13,16,18H2,1H3. The van der Waals surface area contributed by atoms with Crippen molar-refractivity contribution in [2.24, 2.45) is 0 Å². The molecule has 32 heavy (non-hydrogen) atoms. The number of hydrogen-bond donors (Lipinski definition) is 1. The number of rotatable bonds is 6. The number of ether oxygens (including phenoxy) is 1. The van der Waals surface area contributed by atoms with E-state index >= 15 is 0 Å². The summed E-state index contributed by atoms with van der Waals surface area (Å²) in [7, 11) is 0. The van der Waals surface area contributed by atoms with Gasteiger partial charge in [0, 0.05) is 42.8 Å². The van der Waals surface area contributed by atoms with Gasteiger partial charge in [-0.05, 0) is 55.3 Å². The molecule has 0 spiro atoms. The maximum atomic E-state index is 13.0. The lowest BCUT2D eigenvalue weighted by molar-refractivity contribution is 0.0791. The van der Waals surface area contributed by atoms with Crippen LogP contribution in [-0.4, -0.2) is 39.3 Å². The summed E-state index contributed by atoms with van der Waals surface area (Å²) in [5, 5.41) is 3.51. The lowest BCUT2D eigenvalue weighted by atomic mass is 10.2. The van der Waals surface area contributed by atoms with E-state index in [4.69, 9.17) is 4.74 Å². The van der Waals surface area contributed by atoms with Crippen LogP contribution < -0.4 is 10.1 Å². The number of imidazole rings is 1. The van der Waals surface area contributed by atoms with E-state index in [0.29, 0.717) is 24.5 Å². The fourth-order valence-corrected chi connectivity index (χ4v) is 4.12. The van der Waals surface area contributed by atoms with Crippen molar-refractivity contribution in [1.82, 2.24) is 14.3 Å². The Balaban J connectivity index is 1.21. The Morgan fingerprint density at radius 2 is 1.97 bits per heavy atom. The molecule has 0 bridgehead atoms. The Bertz CT molecular complexity index is 1240.